The second kappa shape index (κ2) is 12.8. The van der Waals surface area contributed by atoms with Gasteiger partial charge in [-0.15, -0.1) is 0 Å². The highest BCUT2D eigenvalue weighted by Gasteiger charge is 2.30. The van der Waals surface area contributed by atoms with Gasteiger partial charge in [0.25, 0.3) is 0 Å². The number of benzene rings is 2. The number of anilines is 1. The monoisotopic (exact) mass is 490 g/mol. The lowest BCUT2D eigenvalue weighted by atomic mass is 9.78. The average Bonchev–Trinajstić information content (AvgIpc) is 2.86. The van der Waals surface area contributed by atoms with Crippen LogP contribution in [-0.4, -0.2) is 58.8 Å². The van der Waals surface area contributed by atoms with Gasteiger partial charge in [0.05, 0.1) is 31.5 Å². The molecule has 0 amide bonds. The molecule has 1 unspecified atom stereocenters. The van der Waals surface area contributed by atoms with E-state index in [1.807, 2.05) is 24.3 Å². The first-order chi connectivity index (χ1) is 16.5. The molecule has 0 aliphatic carbocycles. The summed E-state index contributed by atoms with van der Waals surface area (Å²) in [6.45, 7) is 3.90. The van der Waals surface area contributed by atoms with Gasteiger partial charge in [-0.1, -0.05) is 11.6 Å². The highest BCUT2D eigenvalue weighted by Crippen LogP contribution is 2.42. The maximum atomic E-state index is 11.7. The SMILES string of the molecule is COCCN1CCC(C(CC=O)c2cc(Cl)c(N)cc2OCc2cc(OC)cc(OC)c2)CC1. The third-order valence-corrected chi connectivity index (χ3v) is 6.82. The molecule has 34 heavy (non-hydrogen) atoms. The Balaban J connectivity index is 1.83. The predicted molar refractivity (Wildman–Crippen MR) is 134 cm³/mol. The van der Waals surface area contributed by atoms with Crippen molar-refractivity contribution in [2.75, 3.05) is 53.3 Å². The van der Waals surface area contributed by atoms with Gasteiger partial charge in [0.15, 0.2) is 0 Å². The van der Waals surface area contributed by atoms with Gasteiger partial charge in [-0.05, 0) is 67.1 Å². The Morgan fingerprint density at radius 3 is 2.35 bits per heavy atom. The second-order valence-corrected chi connectivity index (χ2v) is 9.01. The predicted octanol–water partition coefficient (Wildman–Crippen LogP) is 4.55. The van der Waals surface area contributed by atoms with Gasteiger partial charge in [-0.3, -0.25) is 0 Å². The zero-order chi connectivity index (χ0) is 24.5. The molecule has 1 atom stereocenters. The van der Waals surface area contributed by atoms with Crippen LogP contribution in [0.5, 0.6) is 17.2 Å². The van der Waals surface area contributed by atoms with Crippen molar-refractivity contribution in [3.8, 4) is 17.2 Å². The van der Waals surface area contributed by atoms with Crippen molar-refractivity contribution in [1.29, 1.82) is 0 Å². The number of hydrogen-bond acceptors (Lipinski definition) is 7. The summed E-state index contributed by atoms with van der Waals surface area (Å²) >= 11 is 6.42. The Hall–Kier alpha value is -2.48. The van der Waals surface area contributed by atoms with E-state index in [4.69, 9.17) is 36.3 Å². The molecular weight excluding hydrogens is 456 g/mol. The third-order valence-electron chi connectivity index (χ3n) is 6.50. The zero-order valence-corrected chi connectivity index (χ0v) is 21.0. The standard InChI is InChI=1S/C26H35ClN2O5/c1-31-11-9-29-7-4-19(5-8-29)22(6-10-30)23-15-24(27)25(28)16-26(23)34-17-18-12-20(32-2)14-21(13-18)33-3/h10,12-16,19,22H,4-9,11,17,28H2,1-3H3. The normalized spacial score (nSPS) is 15.6. The number of aldehydes is 1. The number of carbonyl (C=O) groups is 1. The Bertz CT molecular complexity index is 925. The van der Waals surface area contributed by atoms with E-state index in [0.29, 0.717) is 46.9 Å². The zero-order valence-electron chi connectivity index (χ0n) is 20.2. The lowest BCUT2D eigenvalue weighted by Gasteiger charge is -2.36. The maximum absolute atomic E-state index is 11.7. The number of rotatable bonds is 12. The fourth-order valence-electron chi connectivity index (χ4n) is 4.59. The van der Waals surface area contributed by atoms with Crippen molar-refractivity contribution in [2.45, 2.75) is 31.8 Å². The Morgan fingerprint density at radius 1 is 1.09 bits per heavy atom. The van der Waals surface area contributed by atoms with Crippen molar-refractivity contribution in [3.05, 3.63) is 46.5 Å². The number of nitrogens with two attached hydrogens (primary N) is 1. The van der Waals surface area contributed by atoms with Crippen molar-refractivity contribution < 1.29 is 23.7 Å². The Labute approximate surface area is 207 Å². The van der Waals surface area contributed by atoms with E-state index in [2.05, 4.69) is 4.90 Å². The minimum atomic E-state index is 0.00928. The van der Waals surface area contributed by atoms with Crippen LogP contribution in [0.15, 0.2) is 30.3 Å². The third kappa shape index (κ3) is 6.78. The summed E-state index contributed by atoms with van der Waals surface area (Å²) in [5.74, 6) is 2.39. The molecule has 1 aliphatic heterocycles. The first-order valence-corrected chi connectivity index (χ1v) is 11.9. The summed E-state index contributed by atoms with van der Waals surface area (Å²) < 4.78 is 22.2. The molecule has 1 saturated heterocycles. The lowest BCUT2D eigenvalue weighted by Crippen LogP contribution is -2.37. The molecule has 0 bridgehead atoms. The summed E-state index contributed by atoms with van der Waals surface area (Å²) in [6.07, 6.45) is 3.39. The van der Waals surface area contributed by atoms with E-state index in [0.717, 1.165) is 56.5 Å². The lowest BCUT2D eigenvalue weighted by molar-refractivity contribution is -0.108. The molecule has 1 fully saturated rings. The number of hydrogen-bond donors (Lipinski definition) is 1. The minimum Gasteiger partial charge on any atom is -0.497 e. The fourth-order valence-corrected chi connectivity index (χ4v) is 4.76. The highest BCUT2D eigenvalue weighted by molar-refractivity contribution is 6.33. The van der Waals surface area contributed by atoms with Crippen LogP contribution in [0.2, 0.25) is 5.02 Å². The molecule has 3 rings (SSSR count). The number of ether oxygens (including phenoxy) is 4. The van der Waals surface area contributed by atoms with Gasteiger partial charge in [-0.2, -0.15) is 0 Å². The van der Waals surface area contributed by atoms with Gasteiger partial charge in [0.2, 0.25) is 0 Å². The molecule has 0 spiro atoms. The van der Waals surface area contributed by atoms with Crippen LogP contribution in [-0.2, 0) is 16.1 Å². The maximum Gasteiger partial charge on any atom is 0.125 e. The molecule has 0 radical (unpaired) electrons. The average molecular weight is 491 g/mol. The molecule has 7 nitrogen and oxygen atoms in total. The van der Waals surface area contributed by atoms with Crippen LogP contribution >= 0.6 is 11.6 Å². The molecule has 0 aromatic heterocycles. The Kier molecular flexibility index (Phi) is 9.86. The van der Waals surface area contributed by atoms with Crippen LogP contribution < -0.4 is 19.9 Å². The number of nitrogens with zero attached hydrogens (tertiary/aromatic N) is 1. The first kappa shape index (κ1) is 26.1. The number of methoxy groups -OCH3 is 3. The molecule has 0 saturated carbocycles. The first-order valence-electron chi connectivity index (χ1n) is 11.6. The van der Waals surface area contributed by atoms with Crippen molar-refractivity contribution in [1.82, 2.24) is 4.90 Å². The number of piperidine rings is 1. The molecule has 2 aromatic rings. The summed E-state index contributed by atoms with van der Waals surface area (Å²) in [5.41, 5.74) is 8.40. The molecule has 1 heterocycles. The number of halogens is 1. The summed E-state index contributed by atoms with van der Waals surface area (Å²) in [7, 11) is 4.95. The van der Waals surface area contributed by atoms with Crippen LogP contribution in [0.3, 0.4) is 0 Å². The van der Waals surface area contributed by atoms with Crippen molar-refractivity contribution in [3.63, 3.8) is 0 Å². The molecule has 8 heteroatoms. The van der Waals surface area contributed by atoms with E-state index >= 15 is 0 Å². The molecule has 2 N–H and O–H groups in total. The second-order valence-electron chi connectivity index (χ2n) is 8.60. The summed E-state index contributed by atoms with van der Waals surface area (Å²) in [4.78, 5) is 14.1. The highest BCUT2D eigenvalue weighted by atomic mass is 35.5. The smallest absolute Gasteiger partial charge is 0.125 e. The molecule has 186 valence electrons. The van der Waals surface area contributed by atoms with E-state index in [1.54, 1.807) is 27.4 Å². The fraction of sp³-hybridized carbons (Fsp3) is 0.500. The van der Waals surface area contributed by atoms with Gasteiger partial charge in [-0.25, -0.2) is 0 Å². The molecular formula is C26H35ClN2O5. The molecule has 1 aliphatic rings. The largest absolute Gasteiger partial charge is 0.497 e. The van der Waals surface area contributed by atoms with Crippen molar-refractivity contribution in [2.24, 2.45) is 5.92 Å². The Morgan fingerprint density at radius 2 is 1.76 bits per heavy atom. The van der Waals surface area contributed by atoms with E-state index in [1.165, 1.54) is 0 Å². The summed E-state index contributed by atoms with van der Waals surface area (Å²) in [5, 5.41) is 0.471. The molecule has 2 aromatic carbocycles. The van der Waals surface area contributed by atoms with E-state index < -0.39 is 0 Å². The van der Waals surface area contributed by atoms with Crippen LogP contribution in [0.4, 0.5) is 5.69 Å². The van der Waals surface area contributed by atoms with E-state index in [-0.39, 0.29) is 5.92 Å². The topological polar surface area (TPSA) is 83.3 Å². The van der Waals surface area contributed by atoms with Crippen LogP contribution in [0.25, 0.3) is 0 Å². The number of nitrogen functional groups attached to an aromatic ring is 1. The quantitative estimate of drug-likeness (QED) is 0.345. The number of likely N-dealkylation sites (tertiary alicyclic amines) is 1. The van der Waals surface area contributed by atoms with Gasteiger partial charge < -0.3 is 34.4 Å². The van der Waals surface area contributed by atoms with Crippen molar-refractivity contribution >= 4 is 23.6 Å². The van der Waals surface area contributed by atoms with Crippen LogP contribution in [0.1, 0.15) is 36.3 Å². The number of carbonyl (C=O) groups excluding carboxylic acids is 1. The summed E-state index contributed by atoms with van der Waals surface area (Å²) in [6, 6.07) is 9.25. The van der Waals surface area contributed by atoms with Gasteiger partial charge in [0, 0.05) is 32.2 Å². The minimum absolute atomic E-state index is 0.00928. The van der Waals surface area contributed by atoms with E-state index in [9.17, 15) is 4.79 Å². The van der Waals surface area contributed by atoms with Gasteiger partial charge in [0.1, 0.15) is 30.1 Å². The van der Waals surface area contributed by atoms with Crippen LogP contribution in [0, 0.1) is 5.92 Å². The van der Waals surface area contributed by atoms with Gasteiger partial charge >= 0.3 is 0 Å².